The number of fused-ring (bicyclic) bond motifs is 1. The summed E-state index contributed by atoms with van der Waals surface area (Å²) in [7, 11) is 0. The van der Waals surface area contributed by atoms with Crippen LogP contribution in [0.2, 0.25) is 0 Å². The van der Waals surface area contributed by atoms with Gasteiger partial charge in [-0.2, -0.15) is 0 Å². The van der Waals surface area contributed by atoms with Crippen LogP contribution < -0.4 is 16.0 Å². The molecule has 1 fully saturated rings. The van der Waals surface area contributed by atoms with E-state index >= 15 is 0 Å². The fraction of sp³-hybridized carbons (Fsp3) is 0.222. The molecule has 2 aromatic heterocycles. The van der Waals surface area contributed by atoms with Crippen molar-refractivity contribution in [3.63, 3.8) is 0 Å². The maximum absolute atomic E-state index is 12.4. The van der Waals surface area contributed by atoms with Crippen LogP contribution in [0, 0.1) is 6.92 Å². The number of imide groups is 1. The van der Waals surface area contributed by atoms with Crippen LogP contribution in [0.1, 0.15) is 18.5 Å². The first-order valence-corrected chi connectivity index (χ1v) is 9.33. The summed E-state index contributed by atoms with van der Waals surface area (Å²) in [6.07, 6.45) is 0.345. The molecule has 1 aliphatic heterocycles. The van der Waals surface area contributed by atoms with E-state index in [0.29, 0.717) is 5.13 Å². The Morgan fingerprint density at radius 2 is 2.11 bits per heavy atom. The lowest BCUT2D eigenvalue weighted by Gasteiger charge is -2.13. The third kappa shape index (κ3) is 3.41. The van der Waals surface area contributed by atoms with Gasteiger partial charge in [-0.1, -0.05) is 18.2 Å². The van der Waals surface area contributed by atoms with Gasteiger partial charge in [0.2, 0.25) is 11.8 Å². The van der Waals surface area contributed by atoms with Gasteiger partial charge in [0, 0.05) is 34.0 Å². The first-order chi connectivity index (χ1) is 13.0. The topological polar surface area (TPSA) is 116 Å². The first kappa shape index (κ1) is 17.2. The summed E-state index contributed by atoms with van der Waals surface area (Å²) < 4.78 is 0. The van der Waals surface area contributed by atoms with Gasteiger partial charge in [-0.15, -0.1) is 11.3 Å². The Labute approximate surface area is 158 Å². The van der Waals surface area contributed by atoms with Gasteiger partial charge in [0.05, 0.1) is 5.69 Å². The van der Waals surface area contributed by atoms with Gasteiger partial charge >= 0.3 is 6.03 Å². The Balaban J connectivity index is 1.54. The fourth-order valence-corrected chi connectivity index (χ4v) is 3.88. The monoisotopic (exact) mass is 383 g/mol. The summed E-state index contributed by atoms with van der Waals surface area (Å²) in [6, 6.07) is 6.53. The van der Waals surface area contributed by atoms with E-state index in [2.05, 4.69) is 25.9 Å². The minimum Gasteiger partial charge on any atom is -0.358 e. The summed E-state index contributed by atoms with van der Waals surface area (Å²) in [6.45, 7) is 1.98. The molecule has 3 heterocycles. The SMILES string of the molecule is Cc1[nH]c2ccccc2c1-c1csc(NC(=O)C2CCC(=O)NC(=O)N2)n1. The van der Waals surface area contributed by atoms with Gasteiger partial charge in [-0.05, 0) is 19.4 Å². The number of hydrogen-bond acceptors (Lipinski definition) is 5. The summed E-state index contributed by atoms with van der Waals surface area (Å²) >= 11 is 1.31. The summed E-state index contributed by atoms with van der Waals surface area (Å²) in [5.74, 6) is -0.787. The van der Waals surface area contributed by atoms with Crippen molar-refractivity contribution in [2.24, 2.45) is 0 Å². The van der Waals surface area contributed by atoms with E-state index in [1.54, 1.807) is 0 Å². The molecule has 0 aliphatic carbocycles. The summed E-state index contributed by atoms with van der Waals surface area (Å²) in [5, 5.41) is 10.8. The standard InChI is InChI=1S/C18H17N5O3S/c1-9-15(10-4-2-3-5-11(10)19-9)13-8-27-18(21-13)23-16(25)12-6-7-14(24)22-17(26)20-12/h2-5,8,12,19H,6-7H2,1H3,(H,21,23,25)(H2,20,22,24,26). The average Bonchev–Trinajstić information content (AvgIpc) is 3.15. The molecule has 9 heteroatoms. The number of aromatic amines is 1. The molecule has 27 heavy (non-hydrogen) atoms. The maximum atomic E-state index is 12.4. The van der Waals surface area contributed by atoms with E-state index < -0.39 is 23.9 Å². The molecule has 1 unspecified atom stereocenters. The second-order valence-corrected chi connectivity index (χ2v) is 7.17. The number of H-pyrrole nitrogens is 1. The van der Waals surface area contributed by atoms with Crippen LogP contribution in [0.4, 0.5) is 9.93 Å². The molecule has 4 rings (SSSR count). The zero-order valence-corrected chi connectivity index (χ0v) is 15.3. The molecule has 0 spiro atoms. The number of thiazole rings is 1. The highest BCUT2D eigenvalue weighted by Gasteiger charge is 2.26. The van der Waals surface area contributed by atoms with Crippen LogP contribution in [-0.2, 0) is 9.59 Å². The van der Waals surface area contributed by atoms with E-state index in [9.17, 15) is 14.4 Å². The van der Waals surface area contributed by atoms with E-state index in [-0.39, 0.29) is 12.8 Å². The average molecular weight is 383 g/mol. The van der Waals surface area contributed by atoms with Crippen LogP contribution in [-0.4, -0.2) is 33.9 Å². The highest BCUT2D eigenvalue weighted by molar-refractivity contribution is 7.14. The zero-order chi connectivity index (χ0) is 19.0. The maximum Gasteiger partial charge on any atom is 0.322 e. The summed E-state index contributed by atoms with van der Waals surface area (Å²) in [5.41, 5.74) is 3.80. The highest BCUT2D eigenvalue weighted by atomic mass is 32.1. The number of anilines is 1. The number of aryl methyl sites for hydroxylation is 1. The van der Waals surface area contributed by atoms with Crippen LogP contribution in [0.25, 0.3) is 22.2 Å². The van der Waals surface area contributed by atoms with Gasteiger partial charge in [0.15, 0.2) is 5.13 Å². The molecule has 1 aromatic carbocycles. The van der Waals surface area contributed by atoms with Gasteiger partial charge in [0.1, 0.15) is 6.04 Å². The van der Waals surface area contributed by atoms with E-state index in [4.69, 9.17) is 0 Å². The lowest BCUT2D eigenvalue weighted by atomic mass is 10.1. The van der Waals surface area contributed by atoms with Gasteiger partial charge in [-0.3, -0.25) is 14.9 Å². The molecule has 1 saturated heterocycles. The number of nitrogens with one attached hydrogen (secondary N) is 4. The van der Waals surface area contributed by atoms with Crippen LogP contribution in [0.15, 0.2) is 29.6 Å². The number of benzene rings is 1. The summed E-state index contributed by atoms with van der Waals surface area (Å²) in [4.78, 5) is 43.2. The van der Waals surface area contributed by atoms with Crippen molar-refractivity contribution < 1.29 is 14.4 Å². The molecule has 1 atom stereocenters. The minimum absolute atomic E-state index is 0.106. The lowest BCUT2D eigenvalue weighted by Crippen LogP contribution is -2.45. The van der Waals surface area contributed by atoms with E-state index in [1.807, 2.05) is 36.6 Å². The van der Waals surface area contributed by atoms with E-state index in [0.717, 1.165) is 27.9 Å². The van der Waals surface area contributed by atoms with Crippen molar-refractivity contribution in [3.8, 4) is 11.3 Å². The second kappa shape index (κ2) is 6.84. The molecular formula is C18H17N5O3S. The molecule has 4 amide bonds. The molecular weight excluding hydrogens is 366 g/mol. The molecule has 3 aromatic rings. The predicted octanol–water partition coefficient (Wildman–Crippen LogP) is 2.53. The molecule has 0 bridgehead atoms. The molecule has 0 saturated carbocycles. The number of rotatable bonds is 3. The largest absolute Gasteiger partial charge is 0.358 e. The minimum atomic E-state index is -0.779. The number of nitrogens with zero attached hydrogens (tertiary/aromatic N) is 1. The number of carbonyl (C=O) groups excluding carboxylic acids is 3. The van der Waals surface area contributed by atoms with E-state index in [1.165, 1.54) is 11.3 Å². The number of carbonyl (C=O) groups is 3. The first-order valence-electron chi connectivity index (χ1n) is 8.45. The molecule has 1 aliphatic rings. The number of urea groups is 1. The Kier molecular flexibility index (Phi) is 4.36. The Morgan fingerprint density at radius 1 is 1.30 bits per heavy atom. The van der Waals surface area contributed by atoms with Crippen molar-refractivity contribution in [2.75, 3.05) is 5.32 Å². The number of para-hydroxylation sites is 1. The zero-order valence-electron chi connectivity index (χ0n) is 14.5. The lowest BCUT2D eigenvalue weighted by molar-refractivity contribution is -0.120. The molecule has 138 valence electrons. The van der Waals surface area contributed by atoms with Gasteiger partial charge in [0.25, 0.3) is 0 Å². The molecule has 8 nitrogen and oxygen atoms in total. The normalized spacial score (nSPS) is 17.3. The molecule has 0 radical (unpaired) electrons. The van der Waals surface area contributed by atoms with Crippen molar-refractivity contribution in [3.05, 3.63) is 35.3 Å². The van der Waals surface area contributed by atoms with Crippen molar-refractivity contribution in [1.82, 2.24) is 20.6 Å². The smallest absolute Gasteiger partial charge is 0.322 e. The Hall–Kier alpha value is -3.20. The second-order valence-electron chi connectivity index (χ2n) is 6.31. The number of aromatic nitrogens is 2. The predicted molar refractivity (Wildman–Crippen MR) is 102 cm³/mol. The van der Waals surface area contributed by atoms with Crippen molar-refractivity contribution >= 4 is 45.2 Å². The Morgan fingerprint density at radius 3 is 2.96 bits per heavy atom. The Bertz CT molecular complexity index is 1050. The quantitative estimate of drug-likeness (QED) is 0.556. The van der Waals surface area contributed by atoms with Crippen LogP contribution in [0.3, 0.4) is 0 Å². The highest BCUT2D eigenvalue weighted by Crippen LogP contribution is 2.33. The van der Waals surface area contributed by atoms with Gasteiger partial charge in [-0.25, -0.2) is 9.78 Å². The van der Waals surface area contributed by atoms with Crippen LogP contribution in [0.5, 0.6) is 0 Å². The number of amides is 4. The fourth-order valence-electron chi connectivity index (χ4n) is 3.17. The molecule has 4 N–H and O–H groups in total. The third-order valence-corrected chi connectivity index (χ3v) is 5.18. The number of hydrogen-bond donors (Lipinski definition) is 4. The van der Waals surface area contributed by atoms with Crippen LogP contribution >= 0.6 is 11.3 Å². The van der Waals surface area contributed by atoms with Crippen molar-refractivity contribution in [2.45, 2.75) is 25.8 Å². The van der Waals surface area contributed by atoms with Gasteiger partial charge < -0.3 is 15.6 Å². The van der Waals surface area contributed by atoms with Crippen molar-refractivity contribution in [1.29, 1.82) is 0 Å². The third-order valence-electron chi connectivity index (χ3n) is 4.42.